The van der Waals surface area contributed by atoms with Gasteiger partial charge in [0.1, 0.15) is 11.2 Å². The molecule has 0 N–H and O–H groups in total. The van der Waals surface area contributed by atoms with E-state index in [0.717, 1.165) is 27.5 Å². The summed E-state index contributed by atoms with van der Waals surface area (Å²) >= 11 is 0. The topological polar surface area (TPSA) is 22.4 Å². The minimum absolute atomic E-state index is 0.571. The van der Waals surface area contributed by atoms with Crippen LogP contribution in [0.5, 0.6) is 0 Å². The van der Waals surface area contributed by atoms with Crippen LogP contribution in [0.3, 0.4) is 0 Å². The van der Waals surface area contributed by atoms with Crippen LogP contribution >= 0.6 is 0 Å². The lowest BCUT2D eigenvalue weighted by Gasteiger charge is -2.15. The standard InChI is InChI=1S/C44H30O2/c1-3-9-29(10-4-1)35-22-36(30-11-5-2-6-12-30)24-37(23-35)31-17-19-39-38(21-31)28-45-27-34-16-15-32(25-42(34)39)33-18-20-41-40-13-7-8-14-43(40)46-44(41)26-33/h1-26H,27-28H2. The van der Waals surface area contributed by atoms with Crippen molar-refractivity contribution < 1.29 is 9.15 Å². The molecule has 0 aliphatic carbocycles. The molecule has 0 fully saturated rings. The van der Waals surface area contributed by atoms with Crippen LogP contribution in [0, 0.1) is 0 Å². The average molecular weight is 591 g/mol. The van der Waals surface area contributed by atoms with Crippen LogP contribution in [0.25, 0.3) is 77.6 Å². The van der Waals surface area contributed by atoms with Gasteiger partial charge in [-0.05, 0) is 115 Å². The Morgan fingerprint density at radius 2 is 0.891 bits per heavy atom. The first-order valence-electron chi connectivity index (χ1n) is 15.8. The predicted molar refractivity (Wildman–Crippen MR) is 189 cm³/mol. The van der Waals surface area contributed by atoms with E-state index in [0.29, 0.717) is 13.2 Å². The summed E-state index contributed by atoms with van der Waals surface area (Å²) in [6.07, 6.45) is 0. The molecule has 218 valence electrons. The maximum atomic E-state index is 6.25. The number of rotatable bonds is 4. The van der Waals surface area contributed by atoms with Crippen LogP contribution in [-0.2, 0) is 18.0 Å². The van der Waals surface area contributed by atoms with E-state index < -0.39 is 0 Å². The van der Waals surface area contributed by atoms with Crippen molar-refractivity contribution in [3.63, 3.8) is 0 Å². The van der Waals surface area contributed by atoms with Crippen LogP contribution in [-0.4, -0.2) is 0 Å². The van der Waals surface area contributed by atoms with Crippen molar-refractivity contribution in [3.05, 3.63) is 169 Å². The minimum atomic E-state index is 0.571. The van der Waals surface area contributed by atoms with Gasteiger partial charge >= 0.3 is 0 Å². The Bertz CT molecular complexity index is 2320. The zero-order chi connectivity index (χ0) is 30.5. The van der Waals surface area contributed by atoms with Crippen molar-refractivity contribution in [2.45, 2.75) is 13.2 Å². The third kappa shape index (κ3) is 4.72. The molecular weight excluding hydrogens is 560 g/mol. The van der Waals surface area contributed by atoms with Crippen LogP contribution in [0.4, 0.5) is 0 Å². The molecule has 0 amide bonds. The van der Waals surface area contributed by atoms with Gasteiger partial charge in [0.15, 0.2) is 0 Å². The monoisotopic (exact) mass is 590 g/mol. The highest BCUT2D eigenvalue weighted by Gasteiger charge is 2.18. The second-order valence-corrected chi connectivity index (χ2v) is 12.1. The van der Waals surface area contributed by atoms with E-state index in [1.165, 1.54) is 61.2 Å². The highest BCUT2D eigenvalue weighted by atomic mass is 16.5. The van der Waals surface area contributed by atoms with Gasteiger partial charge in [-0.25, -0.2) is 0 Å². The lowest BCUT2D eigenvalue weighted by atomic mass is 9.89. The zero-order valence-corrected chi connectivity index (χ0v) is 25.2. The number of ether oxygens (including phenoxy) is 1. The van der Waals surface area contributed by atoms with Crippen LogP contribution in [0.2, 0.25) is 0 Å². The summed E-state index contributed by atoms with van der Waals surface area (Å²) in [4.78, 5) is 0. The lowest BCUT2D eigenvalue weighted by Crippen LogP contribution is -1.92. The molecule has 0 bridgehead atoms. The second kappa shape index (κ2) is 11.0. The molecule has 0 spiro atoms. The molecule has 1 aliphatic heterocycles. The Hall–Kier alpha value is -5.70. The third-order valence-electron chi connectivity index (χ3n) is 9.21. The third-order valence-corrected chi connectivity index (χ3v) is 9.21. The molecule has 1 aromatic heterocycles. The first kappa shape index (κ1) is 26.7. The van der Waals surface area contributed by atoms with E-state index in [1.54, 1.807) is 0 Å². The number of hydrogen-bond donors (Lipinski definition) is 0. The van der Waals surface area contributed by atoms with Gasteiger partial charge in [0.25, 0.3) is 0 Å². The summed E-state index contributed by atoms with van der Waals surface area (Å²) in [6, 6.07) is 56.5. The van der Waals surface area contributed by atoms with E-state index in [-0.39, 0.29) is 0 Å². The molecule has 7 aromatic carbocycles. The predicted octanol–water partition coefficient (Wildman–Crippen LogP) is 12.0. The first-order chi connectivity index (χ1) is 22.8. The van der Waals surface area contributed by atoms with Crippen molar-refractivity contribution in [2.75, 3.05) is 0 Å². The van der Waals surface area contributed by atoms with E-state index in [9.17, 15) is 0 Å². The smallest absolute Gasteiger partial charge is 0.136 e. The molecule has 2 heteroatoms. The molecule has 0 unspecified atom stereocenters. The summed E-state index contributed by atoms with van der Waals surface area (Å²) in [7, 11) is 0. The fraction of sp³-hybridized carbons (Fsp3) is 0.0455. The maximum Gasteiger partial charge on any atom is 0.136 e. The molecule has 2 heterocycles. The number of furan rings is 1. The van der Waals surface area contributed by atoms with Crippen LogP contribution in [0.1, 0.15) is 11.1 Å². The fourth-order valence-electron chi connectivity index (χ4n) is 6.85. The summed E-state index contributed by atoms with van der Waals surface area (Å²) in [5.74, 6) is 0. The number of para-hydroxylation sites is 1. The summed E-state index contributed by atoms with van der Waals surface area (Å²) in [5, 5.41) is 2.30. The van der Waals surface area contributed by atoms with Crippen molar-refractivity contribution in [3.8, 4) is 55.6 Å². The fourth-order valence-corrected chi connectivity index (χ4v) is 6.85. The van der Waals surface area contributed by atoms with Gasteiger partial charge in [0.05, 0.1) is 13.2 Å². The van der Waals surface area contributed by atoms with Gasteiger partial charge < -0.3 is 9.15 Å². The summed E-state index contributed by atoms with van der Waals surface area (Å²) in [6.45, 7) is 1.16. The van der Waals surface area contributed by atoms with Crippen LogP contribution in [0.15, 0.2) is 162 Å². The van der Waals surface area contributed by atoms with Gasteiger partial charge in [0.2, 0.25) is 0 Å². The highest BCUT2D eigenvalue weighted by Crippen LogP contribution is 2.40. The van der Waals surface area contributed by atoms with Gasteiger partial charge in [0, 0.05) is 10.8 Å². The van der Waals surface area contributed by atoms with Crippen molar-refractivity contribution >= 4 is 21.9 Å². The molecule has 8 aromatic rings. The molecule has 2 nitrogen and oxygen atoms in total. The highest BCUT2D eigenvalue weighted by molar-refractivity contribution is 6.06. The molecule has 0 saturated carbocycles. The van der Waals surface area contributed by atoms with E-state index in [2.05, 4.69) is 146 Å². The summed E-state index contributed by atoms with van der Waals surface area (Å²) in [5.41, 5.74) is 16.2. The maximum absolute atomic E-state index is 6.25. The summed E-state index contributed by atoms with van der Waals surface area (Å²) < 4.78 is 12.5. The normalized spacial score (nSPS) is 12.5. The Morgan fingerprint density at radius 3 is 1.65 bits per heavy atom. The molecule has 0 radical (unpaired) electrons. The largest absolute Gasteiger partial charge is 0.456 e. The van der Waals surface area contributed by atoms with Gasteiger partial charge in [-0.1, -0.05) is 109 Å². The Balaban J connectivity index is 1.13. The number of fused-ring (bicyclic) bond motifs is 6. The van der Waals surface area contributed by atoms with E-state index in [4.69, 9.17) is 9.15 Å². The van der Waals surface area contributed by atoms with Crippen molar-refractivity contribution in [1.82, 2.24) is 0 Å². The van der Waals surface area contributed by atoms with Gasteiger partial charge in [-0.3, -0.25) is 0 Å². The van der Waals surface area contributed by atoms with Crippen LogP contribution < -0.4 is 0 Å². The lowest BCUT2D eigenvalue weighted by molar-refractivity contribution is 0.110. The molecule has 0 saturated heterocycles. The van der Waals surface area contributed by atoms with E-state index in [1.807, 2.05) is 12.1 Å². The molecule has 9 rings (SSSR count). The van der Waals surface area contributed by atoms with Gasteiger partial charge in [-0.15, -0.1) is 0 Å². The molecule has 0 atom stereocenters. The van der Waals surface area contributed by atoms with Gasteiger partial charge in [-0.2, -0.15) is 0 Å². The SMILES string of the molecule is c1ccc(-c2cc(-c3ccccc3)cc(-c3ccc4c(c3)COCc3ccc(-c5ccc6c(c5)oc5ccccc56)cc3-4)c2)cc1. The van der Waals surface area contributed by atoms with Crippen molar-refractivity contribution in [1.29, 1.82) is 0 Å². The Labute approximate surface area is 268 Å². The Morgan fingerprint density at radius 1 is 0.326 bits per heavy atom. The Kier molecular flexibility index (Phi) is 6.40. The van der Waals surface area contributed by atoms with Crippen molar-refractivity contribution in [2.24, 2.45) is 0 Å². The average Bonchev–Trinajstić information content (AvgIpc) is 3.40. The molecular formula is C44H30O2. The zero-order valence-electron chi connectivity index (χ0n) is 25.2. The number of hydrogen-bond acceptors (Lipinski definition) is 2. The number of benzene rings is 7. The second-order valence-electron chi connectivity index (χ2n) is 12.1. The quantitative estimate of drug-likeness (QED) is 0.203. The van der Waals surface area contributed by atoms with E-state index >= 15 is 0 Å². The first-order valence-corrected chi connectivity index (χ1v) is 15.8. The minimum Gasteiger partial charge on any atom is -0.456 e. The molecule has 46 heavy (non-hydrogen) atoms. The molecule has 1 aliphatic rings.